The highest BCUT2D eigenvalue weighted by Crippen LogP contribution is 2.30. The van der Waals surface area contributed by atoms with Crippen LogP contribution < -0.4 is 0 Å². The number of allylic oxidation sites excluding steroid dienone is 4. The van der Waals surface area contributed by atoms with E-state index < -0.39 is 0 Å². The third-order valence-electron chi connectivity index (χ3n) is 2.64. The lowest BCUT2D eigenvalue weighted by Gasteiger charge is -2.23. The monoisotopic (exact) mass is 192 g/mol. The summed E-state index contributed by atoms with van der Waals surface area (Å²) in [7, 11) is 0. The van der Waals surface area contributed by atoms with Crippen LogP contribution in [0.25, 0.3) is 0 Å². The number of rotatable bonds is 1. The summed E-state index contributed by atoms with van der Waals surface area (Å²) >= 11 is 0. The van der Waals surface area contributed by atoms with E-state index in [0.717, 1.165) is 24.4 Å². The Bertz CT molecular complexity index is 321. The molecule has 0 saturated carbocycles. The van der Waals surface area contributed by atoms with Gasteiger partial charge in [0.1, 0.15) is 13.2 Å². The molecular formula is C12H16O2. The van der Waals surface area contributed by atoms with Crippen molar-refractivity contribution in [2.45, 2.75) is 26.7 Å². The van der Waals surface area contributed by atoms with Crippen molar-refractivity contribution in [2.75, 3.05) is 13.2 Å². The number of hydrogen-bond acceptors (Lipinski definition) is 2. The van der Waals surface area contributed by atoms with Gasteiger partial charge in [-0.2, -0.15) is 0 Å². The maximum Gasteiger partial charge on any atom is 0.164 e. The predicted octanol–water partition coefficient (Wildman–Crippen LogP) is 2.93. The Morgan fingerprint density at radius 3 is 2.79 bits per heavy atom. The molecule has 2 heteroatoms. The molecule has 0 aromatic rings. The van der Waals surface area contributed by atoms with Crippen molar-refractivity contribution in [3.8, 4) is 0 Å². The number of hydrogen-bond donors (Lipinski definition) is 0. The quantitative estimate of drug-likeness (QED) is 0.636. The summed E-state index contributed by atoms with van der Waals surface area (Å²) in [6, 6.07) is 0. The first-order valence-electron chi connectivity index (χ1n) is 5.19. The topological polar surface area (TPSA) is 18.5 Å². The zero-order valence-electron chi connectivity index (χ0n) is 8.80. The van der Waals surface area contributed by atoms with Crippen molar-refractivity contribution in [2.24, 2.45) is 0 Å². The van der Waals surface area contributed by atoms with Gasteiger partial charge in [0.05, 0.1) is 0 Å². The Morgan fingerprint density at radius 1 is 1.21 bits per heavy atom. The Hall–Kier alpha value is -1.18. The van der Waals surface area contributed by atoms with E-state index in [0.29, 0.717) is 13.2 Å². The van der Waals surface area contributed by atoms with Crippen LogP contribution in [0.5, 0.6) is 0 Å². The van der Waals surface area contributed by atoms with Crippen LogP contribution in [-0.4, -0.2) is 13.2 Å². The molecule has 0 spiro atoms. The van der Waals surface area contributed by atoms with E-state index in [4.69, 9.17) is 9.47 Å². The van der Waals surface area contributed by atoms with Gasteiger partial charge >= 0.3 is 0 Å². The molecule has 0 radical (unpaired) electrons. The standard InChI is InChI=1S/C12H16O2/c1-3-10-9(2)5-4-6-11-12(10)14-8-7-13-11/h5-6H,3-4,7-8H2,1-2H3. The van der Waals surface area contributed by atoms with Crippen LogP contribution in [0.1, 0.15) is 26.7 Å². The van der Waals surface area contributed by atoms with Crippen LogP contribution >= 0.6 is 0 Å². The SMILES string of the molecule is CCC1=C2OCCOC2=CCC=C1C. The first-order valence-corrected chi connectivity index (χ1v) is 5.19. The highest BCUT2D eigenvalue weighted by molar-refractivity contribution is 5.41. The molecule has 0 amide bonds. The summed E-state index contributed by atoms with van der Waals surface area (Å²) in [6.45, 7) is 5.63. The molecule has 14 heavy (non-hydrogen) atoms. The summed E-state index contributed by atoms with van der Waals surface area (Å²) in [6.07, 6.45) is 6.26. The Labute approximate surface area is 84.9 Å². The van der Waals surface area contributed by atoms with E-state index in [1.807, 2.05) is 0 Å². The highest BCUT2D eigenvalue weighted by Gasteiger charge is 2.20. The maximum absolute atomic E-state index is 5.68. The molecule has 0 unspecified atom stereocenters. The van der Waals surface area contributed by atoms with E-state index in [2.05, 4.69) is 26.0 Å². The zero-order valence-corrected chi connectivity index (χ0v) is 8.80. The fraction of sp³-hybridized carbons (Fsp3) is 0.500. The van der Waals surface area contributed by atoms with Crippen molar-refractivity contribution < 1.29 is 9.47 Å². The van der Waals surface area contributed by atoms with Crippen LogP contribution in [0.4, 0.5) is 0 Å². The Morgan fingerprint density at radius 2 is 2.00 bits per heavy atom. The molecule has 0 aromatic carbocycles. The minimum absolute atomic E-state index is 0.670. The molecule has 2 rings (SSSR count). The van der Waals surface area contributed by atoms with E-state index in [1.165, 1.54) is 11.1 Å². The predicted molar refractivity (Wildman–Crippen MR) is 55.7 cm³/mol. The largest absolute Gasteiger partial charge is 0.486 e. The first-order chi connectivity index (χ1) is 6.83. The van der Waals surface area contributed by atoms with E-state index in [-0.39, 0.29) is 0 Å². The molecule has 1 fully saturated rings. The molecular weight excluding hydrogens is 176 g/mol. The summed E-state index contributed by atoms with van der Waals surface area (Å²) in [5.41, 5.74) is 2.60. The highest BCUT2D eigenvalue weighted by atomic mass is 16.6. The van der Waals surface area contributed by atoms with Gasteiger partial charge in [0.2, 0.25) is 0 Å². The van der Waals surface area contributed by atoms with Crippen LogP contribution in [0.3, 0.4) is 0 Å². The second-order valence-corrected chi connectivity index (χ2v) is 3.55. The van der Waals surface area contributed by atoms with Crippen molar-refractivity contribution in [3.63, 3.8) is 0 Å². The molecule has 0 aromatic heterocycles. The van der Waals surface area contributed by atoms with Crippen molar-refractivity contribution in [3.05, 3.63) is 34.8 Å². The molecule has 1 heterocycles. The van der Waals surface area contributed by atoms with Gasteiger partial charge in [-0.25, -0.2) is 0 Å². The second kappa shape index (κ2) is 3.91. The van der Waals surface area contributed by atoms with Gasteiger partial charge in [-0.05, 0) is 31.4 Å². The van der Waals surface area contributed by atoms with Gasteiger partial charge in [0.25, 0.3) is 0 Å². The molecule has 1 aliphatic carbocycles. The molecule has 1 aliphatic heterocycles. The number of ether oxygens (including phenoxy) is 2. The third-order valence-corrected chi connectivity index (χ3v) is 2.64. The normalized spacial score (nSPS) is 21.3. The average molecular weight is 192 g/mol. The van der Waals surface area contributed by atoms with E-state index >= 15 is 0 Å². The lowest BCUT2D eigenvalue weighted by Crippen LogP contribution is -2.15. The van der Waals surface area contributed by atoms with Gasteiger partial charge in [-0.15, -0.1) is 0 Å². The van der Waals surface area contributed by atoms with Crippen LogP contribution in [0, 0.1) is 0 Å². The third kappa shape index (κ3) is 1.57. The van der Waals surface area contributed by atoms with Crippen molar-refractivity contribution >= 4 is 0 Å². The summed E-state index contributed by atoms with van der Waals surface area (Å²) < 4.78 is 11.3. The zero-order chi connectivity index (χ0) is 9.97. The van der Waals surface area contributed by atoms with Crippen molar-refractivity contribution in [1.82, 2.24) is 0 Å². The first kappa shape index (κ1) is 9.38. The lowest BCUT2D eigenvalue weighted by molar-refractivity contribution is 0.0575. The lowest BCUT2D eigenvalue weighted by atomic mass is 10.0. The average Bonchev–Trinajstić information content (AvgIpc) is 2.36. The summed E-state index contributed by atoms with van der Waals surface area (Å²) in [5, 5.41) is 0. The Balaban J connectivity index is 2.42. The van der Waals surface area contributed by atoms with E-state index in [1.54, 1.807) is 0 Å². The molecule has 0 atom stereocenters. The van der Waals surface area contributed by atoms with Gasteiger partial charge in [-0.1, -0.05) is 13.0 Å². The molecule has 0 N–H and O–H groups in total. The van der Waals surface area contributed by atoms with Crippen LogP contribution in [0.15, 0.2) is 34.8 Å². The molecule has 0 bridgehead atoms. The molecule has 2 nitrogen and oxygen atoms in total. The van der Waals surface area contributed by atoms with Gasteiger partial charge in [0.15, 0.2) is 11.5 Å². The Kier molecular flexibility index (Phi) is 2.62. The minimum atomic E-state index is 0.670. The van der Waals surface area contributed by atoms with Gasteiger partial charge in [0, 0.05) is 5.57 Å². The summed E-state index contributed by atoms with van der Waals surface area (Å²) in [5.74, 6) is 1.89. The molecule has 2 aliphatic rings. The maximum atomic E-state index is 5.68. The van der Waals surface area contributed by atoms with Crippen LogP contribution in [-0.2, 0) is 9.47 Å². The van der Waals surface area contributed by atoms with Crippen LogP contribution in [0.2, 0.25) is 0 Å². The molecule has 1 saturated heterocycles. The minimum Gasteiger partial charge on any atom is -0.486 e. The van der Waals surface area contributed by atoms with Gasteiger partial charge in [-0.3, -0.25) is 0 Å². The van der Waals surface area contributed by atoms with E-state index in [9.17, 15) is 0 Å². The fourth-order valence-corrected chi connectivity index (χ4v) is 1.90. The van der Waals surface area contributed by atoms with Gasteiger partial charge < -0.3 is 9.47 Å². The second-order valence-electron chi connectivity index (χ2n) is 3.55. The van der Waals surface area contributed by atoms with Crippen molar-refractivity contribution in [1.29, 1.82) is 0 Å². The summed E-state index contributed by atoms with van der Waals surface area (Å²) in [4.78, 5) is 0. The fourth-order valence-electron chi connectivity index (χ4n) is 1.90. The number of fused-ring (bicyclic) bond motifs is 1. The smallest absolute Gasteiger partial charge is 0.164 e. The molecule has 76 valence electrons.